The number of benzene rings is 1. The summed E-state index contributed by atoms with van der Waals surface area (Å²) < 4.78 is 53.0. The molecule has 144 valence electrons. The van der Waals surface area contributed by atoms with Crippen LogP contribution in [0.2, 0.25) is 0 Å². The SMILES string of the molecule is CCOc1ccc(CCNS(=O)(=O)c2c(C)nn(C)c2F)cc1OCC. The van der Waals surface area contributed by atoms with E-state index in [-0.39, 0.29) is 12.2 Å². The predicted octanol–water partition coefficient (Wildman–Crippen LogP) is 2.19. The first-order valence-electron chi connectivity index (χ1n) is 8.37. The maximum atomic E-state index is 14.0. The second-order valence-electron chi connectivity index (χ2n) is 5.62. The van der Waals surface area contributed by atoms with E-state index in [1.807, 2.05) is 26.0 Å². The lowest BCUT2D eigenvalue weighted by Crippen LogP contribution is -2.27. The molecule has 1 aromatic heterocycles. The van der Waals surface area contributed by atoms with Crippen molar-refractivity contribution in [3.8, 4) is 11.5 Å². The summed E-state index contributed by atoms with van der Waals surface area (Å²) in [6.45, 7) is 6.36. The number of halogens is 1. The summed E-state index contributed by atoms with van der Waals surface area (Å²) in [5.41, 5.74) is 1.00. The second kappa shape index (κ2) is 8.50. The Balaban J connectivity index is 2.08. The molecule has 0 bridgehead atoms. The molecule has 0 aliphatic carbocycles. The van der Waals surface area contributed by atoms with Gasteiger partial charge in [0.2, 0.25) is 16.0 Å². The molecule has 2 aromatic rings. The molecule has 9 heteroatoms. The summed E-state index contributed by atoms with van der Waals surface area (Å²) in [5.74, 6) is 0.380. The third kappa shape index (κ3) is 4.53. The lowest BCUT2D eigenvalue weighted by Gasteiger charge is -2.12. The number of nitrogens with one attached hydrogen (secondary N) is 1. The summed E-state index contributed by atoms with van der Waals surface area (Å²) in [5, 5.41) is 3.79. The summed E-state index contributed by atoms with van der Waals surface area (Å²) in [6.07, 6.45) is 0.423. The molecule has 0 unspecified atom stereocenters. The summed E-state index contributed by atoms with van der Waals surface area (Å²) in [6, 6.07) is 5.46. The molecular formula is C17H24FN3O4S. The van der Waals surface area contributed by atoms with Crippen molar-refractivity contribution in [2.45, 2.75) is 32.1 Å². The van der Waals surface area contributed by atoms with Gasteiger partial charge in [-0.3, -0.25) is 0 Å². The van der Waals surface area contributed by atoms with Crippen LogP contribution in [0.1, 0.15) is 25.1 Å². The van der Waals surface area contributed by atoms with E-state index in [0.29, 0.717) is 31.1 Å². The molecule has 1 N–H and O–H groups in total. The second-order valence-corrected chi connectivity index (χ2v) is 7.33. The van der Waals surface area contributed by atoms with E-state index < -0.39 is 20.9 Å². The molecule has 0 fully saturated rings. The van der Waals surface area contributed by atoms with Crippen LogP contribution in [-0.2, 0) is 23.5 Å². The Kier molecular flexibility index (Phi) is 6.60. The highest BCUT2D eigenvalue weighted by Gasteiger charge is 2.26. The molecule has 26 heavy (non-hydrogen) atoms. The van der Waals surface area contributed by atoms with Crippen LogP contribution in [0.4, 0.5) is 4.39 Å². The van der Waals surface area contributed by atoms with Gasteiger partial charge in [-0.15, -0.1) is 0 Å². The molecule has 0 aliphatic heterocycles. The first-order chi connectivity index (χ1) is 12.3. The van der Waals surface area contributed by atoms with E-state index in [1.54, 1.807) is 6.07 Å². The average Bonchev–Trinajstić information content (AvgIpc) is 2.83. The van der Waals surface area contributed by atoms with Crippen LogP contribution in [0, 0.1) is 12.9 Å². The van der Waals surface area contributed by atoms with E-state index in [0.717, 1.165) is 10.2 Å². The average molecular weight is 385 g/mol. The van der Waals surface area contributed by atoms with Crippen LogP contribution in [0.25, 0.3) is 0 Å². The van der Waals surface area contributed by atoms with Gasteiger partial charge >= 0.3 is 0 Å². The topological polar surface area (TPSA) is 82.5 Å². The molecule has 0 amide bonds. The Morgan fingerprint density at radius 1 is 1.19 bits per heavy atom. The minimum Gasteiger partial charge on any atom is -0.490 e. The molecule has 0 aliphatic rings. The minimum atomic E-state index is -3.97. The van der Waals surface area contributed by atoms with Gasteiger partial charge in [0.05, 0.1) is 18.9 Å². The molecule has 2 rings (SSSR count). The molecule has 1 aromatic carbocycles. The van der Waals surface area contributed by atoms with Crippen molar-refractivity contribution in [2.24, 2.45) is 7.05 Å². The van der Waals surface area contributed by atoms with Gasteiger partial charge in [-0.25, -0.2) is 17.8 Å². The Bertz CT molecular complexity index is 865. The molecule has 7 nitrogen and oxygen atoms in total. The maximum absolute atomic E-state index is 14.0. The Labute approximate surface area is 153 Å². The highest BCUT2D eigenvalue weighted by atomic mass is 32.2. The molecule has 0 saturated heterocycles. The molecule has 0 saturated carbocycles. The number of rotatable bonds is 9. The van der Waals surface area contributed by atoms with Gasteiger partial charge in [-0.05, 0) is 44.9 Å². The predicted molar refractivity (Wildman–Crippen MR) is 95.6 cm³/mol. The zero-order chi connectivity index (χ0) is 19.3. The van der Waals surface area contributed by atoms with Gasteiger partial charge in [-0.2, -0.15) is 9.49 Å². The van der Waals surface area contributed by atoms with Crippen LogP contribution in [-0.4, -0.2) is 38.0 Å². The van der Waals surface area contributed by atoms with Crippen LogP contribution < -0.4 is 14.2 Å². The fraction of sp³-hybridized carbons (Fsp3) is 0.471. The maximum Gasteiger partial charge on any atom is 0.247 e. The number of hydrogen-bond acceptors (Lipinski definition) is 5. The summed E-state index contributed by atoms with van der Waals surface area (Å²) in [4.78, 5) is -0.415. The van der Waals surface area contributed by atoms with Crippen molar-refractivity contribution in [1.82, 2.24) is 14.5 Å². The van der Waals surface area contributed by atoms with Gasteiger partial charge in [0.25, 0.3) is 0 Å². The Hall–Kier alpha value is -2.13. The highest BCUT2D eigenvalue weighted by Crippen LogP contribution is 2.28. The Morgan fingerprint density at radius 3 is 2.42 bits per heavy atom. The smallest absolute Gasteiger partial charge is 0.247 e. The van der Waals surface area contributed by atoms with Crippen molar-refractivity contribution in [1.29, 1.82) is 0 Å². The number of ether oxygens (including phenoxy) is 2. The highest BCUT2D eigenvalue weighted by molar-refractivity contribution is 7.89. The van der Waals surface area contributed by atoms with Gasteiger partial charge in [0, 0.05) is 13.6 Å². The van der Waals surface area contributed by atoms with Crippen molar-refractivity contribution >= 4 is 10.0 Å². The molecule has 0 radical (unpaired) electrons. The number of aryl methyl sites for hydroxylation is 2. The first kappa shape index (κ1) is 20.2. The van der Waals surface area contributed by atoms with E-state index in [2.05, 4.69) is 9.82 Å². The van der Waals surface area contributed by atoms with Gasteiger partial charge in [0.1, 0.15) is 0 Å². The molecular weight excluding hydrogens is 361 g/mol. The van der Waals surface area contributed by atoms with Gasteiger partial charge in [0.15, 0.2) is 16.4 Å². The van der Waals surface area contributed by atoms with E-state index in [4.69, 9.17) is 9.47 Å². The third-order valence-electron chi connectivity index (χ3n) is 3.68. The van der Waals surface area contributed by atoms with Crippen LogP contribution in [0.15, 0.2) is 23.1 Å². The van der Waals surface area contributed by atoms with Crippen LogP contribution >= 0.6 is 0 Å². The number of sulfonamides is 1. The number of nitrogens with zero attached hydrogens (tertiary/aromatic N) is 2. The van der Waals surface area contributed by atoms with Gasteiger partial charge < -0.3 is 9.47 Å². The lowest BCUT2D eigenvalue weighted by molar-refractivity contribution is 0.287. The zero-order valence-electron chi connectivity index (χ0n) is 15.4. The minimum absolute atomic E-state index is 0.121. The third-order valence-corrected chi connectivity index (χ3v) is 5.27. The number of hydrogen-bond donors (Lipinski definition) is 1. The standard InChI is InChI=1S/C17H24FN3O4S/c1-5-24-14-8-7-13(11-15(14)25-6-2)9-10-19-26(22,23)16-12(3)20-21(4)17(16)18/h7-8,11,19H,5-6,9-10H2,1-4H3. The van der Waals surface area contributed by atoms with Crippen molar-refractivity contribution in [2.75, 3.05) is 19.8 Å². The monoisotopic (exact) mass is 385 g/mol. The largest absolute Gasteiger partial charge is 0.490 e. The van der Waals surface area contributed by atoms with Crippen LogP contribution in [0.3, 0.4) is 0 Å². The summed E-state index contributed by atoms with van der Waals surface area (Å²) in [7, 11) is -2.61. The van der Waals surface area contributed by atoms with E-state index >= 15 is 0 Å². The zero-order valence-corrected chi connectivity index (χ0v) is 16.2. The molecule has 0 spiro atoms. The Morgan fingerprint density at radius 2 is 1.85 bits per heavy atom. The molecule has 1 heterocycles. The van der Waals surface area contributed by atoms with Gasteiger partial charge in [-0.1, -0.05) is 6.07 Å². The lowest BCUT2D eigenvalue weighted by atomic mass is 10.1. The summed E-state index contributed by atoms with van der Waals surface area (Å²) >= 11 is 0. The van der Waals surface area contributed by atoms with E-state index in [1.165, 1.54) is 14.0 Å². The van der Waals surface area contributed by atoms with E-state index in [9.17, 15) is 12.8 Å². The van der Waals surface area contributed by atoms with Crippen LogP contribution in [0.5, 0.6) is 11.5 Å². The quantitative estimate of drug-likeness (QED) is 0.715. The first-order valence-corrected chi connectivity index (χ1v) is 9.85. The van der Waals surface area contributed by atoms with Crippen molar-refractivity contribution in [3.05, 3.63) is 35.4 Å². The van der Waals surface area contributed by atoms with Crippen molar-refractivity contribution < 1.29 is 22.3 Å². The number of aromatic nitrogens is 2. The normalized spacial score (nSPS) is 11.6. The fourth-order valence-electron chi connectivity index (χ4n) is 2.57. The molecule has 0 atom stereocenters. The fourth-order valence-corrected chi connectivity index (χ4v) is 3.87. The van der Waals surface area contributed by atoms with Crippen molar-refractivity contribution in [3.63, 3.8) is 0 Å².